The first-order chi connectivity index (χ1) is 9.11. The molecule has 1 atom stereocenters. The molecule has 5 N–H and O–H groups in total. The Balaban J connectivity index is 0. The van der Waals surface area contributed by atoms with E-state index in [1.54, 1.807) is 0 Å². The minimum atomic E-state index is -2.19. The van der Waals surface area contributed by atoms with Crippen LogP contribution in [0.5, 0.6) is 0 Å². The van der Waals surface area contributed by atoms with Crippen molar-refractivity contribution in [2.24, 2.45) is 0 Å². The van der Waals surface area contributed by atoms with Crippen molar-refractivity contribution in [2.45, 2.75) is 38.4 Å². The molecule has 0 aromatic rings. The maximum atomic E-state index is 10.8. The summed E-state index contributed by atoms with van der Waals surface area (Å²) in [6, 6.07) is 0. The number of aliphatic hydroxyl groups excluding tert-OH is 2. The molecule has 118 valence electrons. The Morgan fingerprint density at radius 3 is 1.60 bits per heavy atom. The van der Waals surface area contributed by atoms with Crippen LogP contribution in [0.2, 0.25) is 0 Å². The molecule has 1 unspecified atom stereocenters. The van der Waals surface area contributed by atoms with Crippen LogP contribution in [0.4, 0.5) is 0 Å². The van der Waals surface area contributed by atoms with E-state index in [0.29, 0.717) is 0 Å². The normalized spacial score (nSPS) is 12.0. The van der Waals surface area contributed by atoms with Crippen LogP contribution in [0.25, 0.3) is 0 Å². The molecular weight excluding hydrogens is 276 g/mol. The van der Waals surface area contributed by atoms with Crippen LogP contribution >= 0.6 is 0 Å². The predicted octanol–water partition coefficient (Wildman–Crippen LogP) is -0.845. The summed E-state index contributed by atoms with van der Waals surface area (Å²) in [7, 11) is 0. The van der Waals surface area contributed by atoms with Crippen molar-refractivity contribution in [3.63, 3.8) is 0 Å². The Bertz CT molecular complexity index is 308. The molecule has 0 aliphatic rings. The maximum absolute atomic E-state index is 10.8. The predicted molar refractivity (Wildman–Crippen MR) is 65.3 cm³/mol. The van der Waals surface area contributed by atoms with Gasteiger partial charge < -0.3 is 30.3 Å². The van der Waals surface area contributed by atoms with Gasteiger partial charge in [0, 0.05) is 6.61 Å². The highest BCUT2D eigenvalue weighted by atomic mass is 16.5. The summed E-state index contributed by atoms with van der Waals surface area (Å²) >= 11 is 0. The van der Waals surface area contributed by atoms with Crippen LogP contribution in [-0.2, 0) is 19.1 Å². The van der Waals surface area contributed by atoms with Crippen LogP contribution in [0.1, 0.15) is 26.7 Å². The lowest BCUT2D eigenvalue weighted by atomic mass is 9.95. The SMILES string of the molecule is CC(O)CO.CCOC(CC(=O)O)(CC(=O)O)C(=O)O. The third kappa shape index (κ3) is 9.25. The van der Waals surface area contributed by atoms with Gasteiger partial charge in [-0.2, -0.15) is 0 Å². The van der Waals surface area contributed by atoms with Gasteiger partial charge in [-0.15, -0.1) is 0 Å². The summed E-state index contributed by atoms with van der Waals surface area (Å²) in [5, 5.41) is 41.8. The van der Waals surface area contributed by atoms with Crippen LogP contribution in [0, 0.1) is 0 Å². The Hall–Kier alpha value is -1.71. The lowest BCUT2D eigenvalue weighted by molar-refractivity contribution is -0.177. The molecule has 9 heteroatoms. The van der Waals surface area contributed by atoms with E-state index in [1.807, 2.05) is 0 Å². The molecule has 0 aliphatic carbocycles. The van der Waals surface area contributed by atoms with Crippen LogP contribution in [0.3, 0.4) is 0 Å². The van der Waals surface area contributed by atoms with Gasteiger partial charge >= 0.3 is 17.9 Å². The Morgan fingerprint density at radius 2 is 1.45 bits per heavy atom. The molecule has 0 bridgehead atoms. The average Bonchev–Trinajstić information content (AvgIpc) is 2.27. The van der Waals surface area contributed by atoms with Crippen molar-refractivity contribution >= 4 is 17.9 Å². The minimum Gasteiger partial charge on any atom is -0.481 e. The van der Waals surface area contributed by atoms with Crippen LogP contribution in [0.15, 0.2) is 0 Å². The zero-order valence-corrected chi connectivity index (χ0v) is 11.3. The van der Waals surface area contributed by atoms with E-state index < -0.39 is 42.5 Å². The second-order valence-electron chi connectivity index (χ2n) is 3.91. The van der Waals surface area contributed by atoms with Crippen molar-refractivity contribution in [1.82, 2.24) is 0 Å². The topological polar surface area (TPSA) is 162 Å². The Morgan fingerprint density at radius 1 is 1.10 bits per heavy atom. The molecule has 0 spiro atoms. The van der Waals surface area contributed by atoms with E-state index in [-0.39, 0.29) is 13.2 Å². The standard InChI is InChI=1S/C8H12O7.C3H8O2/c1-2-15-8(7(13)14,3-5(9)10)4-6(11)12;1-3(5)2-4/h2-4H2,1H3,(H,9,10)(H,11,12)(H,13,14);3-5H,2H2,1H3. The van der Waals surface area contributed by atoms with E-state index >= 15 is 0 Å². The molecule has 0 aliphatic heterocycles. The molecular formula is C11H20O9. The third-order valence-corrected chi connectivity index (χ3v) is 1.95. The Kier molecular flexibility index (Phi) is 10.4. The van der Waals surface area contributed by atoms with Gasteiger partial charge in [-0.3, -0.25) is 9.59 Å². The number of hydrogen-bond acceptors (Lipinski definition) is 6. The second kappa shape index (κ2) is 10.1. The fourth-order valence-electron chi connectivity index (χ4n) is 1.14. The first-order valence-corrected chi connectivity index (χ1v) is 5.71. The zero-order valence-electron chi connectivity index (χ0n) is 11.3. The summed E-state index contributed by atoms with van der Waals surface area (Å²) in [6.45, 7) is 2.77. The first kappa shape index (κ1) is 20.6. The van der Waals surface area contributed by atoms with Gasteiger partial charge in [0.25, 0.3) is 0 Å². The molecule has 9 nitrogen and oxygen atoms in total. The lowest BCUT2D eigenvalue weighted by Crippen LogP contribution is -2.45. The number of aliphatic hydroxyl groups is 2. The van der Waals surface area contributed by atoms with Gasteiger partial charge in [0.15, 0.2) is 5.60 Å². The molecule has 0 fully saturated rings. The van der Waals surface area contributed by atoms with Crippen molar-refractivity contribution in [3.05, 3.63) is 0 Å². The summed E-state index contributed by atoms with van der Waals surface area (Å²) in [6.07, 6.45) is -2.33. The molecule has 0 aromatic heterocycles. The molecule has 0 radical (unpaired) electrons. The van der Waals surface area contributed by atoms with Crippen LogP contribution < -0.4 is 0 Å². The van der Waals surface area contributed by atoms with Crippen molar-refractivity contribution in [2.75, 3.05) is 13.2 Å². The van der Waals surface area contributed by atoms with E-state index in [0.717, 1.165) is 0 Å². The van der Waals surface area contributed by atoms with Gasteiger partial charge in [-0.1, -0.05) is 0 Å². The van der Waals surface area contributed by atoms with Gasteiger partial charge in [0.05, 0.1) is 25.6 Å². The number of rotatable bonds is 8. The summed E-state index contributed by atoms with van der Waals surface area (Å²) < 4.78 is 4.75. The quantitative estimate of drug-likeness (QED) is 0.384. The lowest BCUT2D eigenvalue weighted by Gasteiger charge is -2.25. The van der Waals surface area contributed by atoms with Crippen LogP contribution in [-0.4, -0.2) is 68.4 Å². The third-order valence-electron chi connectivity index (χ3n) is 1.95. The van der Waals surface area contributed by atoms with Crippen molar-refractivity contribution in [1.29, 1.82) is 0 Å². The number of carboxylic acids is 3. The number of carbonyl (C=O) groups is 3. The van der Waals surface area contributed by atoms with E-state index in [4.69, 9.17) is 30.3 Å². The summed E-state index contributed by atoms with van der Waals surface area (Å²) in [5.74, 6) is -4.44. The summed E-state index contributed by atoms with van der Waals surface area (Å²) in [4.78, 5) is 31.7. The van der Waals surface area contributed by atoms with E-state index in [1.165, 1.54) is 13.8 Å². The zero-order chi connectivity index (χ0) is 16.3. The highest BCUT2D eigenvalue weighted by Gasteiger charge is 2.44. The molecule has 0 saturated heterocycles. The number of hydrogen-bond donors (Lipinski definition) is 5. The molecule has 0 amide bonds. The van der Waals surface area contributed by atoms with E-state index in [2.05, 4.69) is 0 Å². The van der Waals surface area contributed by atoms with Gasteiger partial charge in [-0.05, 0) is 13.8 Å². The number of aliphatic carboxylic acids is 3. The van der Waals surface area contributed by atoms with Crippen molar-refractivity contribution in [3.8, 4) is 0 Å². The first-order valence-electron chi connectivity index (χ1n) is 5.71. The van der Waals surface area contributed by atoms with E-state index in [9.17, 15) is 14.4 Å². The highest BCUT2D eigenvalue weighted by molar-refractivity contribution is 5.88. The largest absolute Gasteiger partial charge is 0.481 e. The minimum absolute atomic E-state index is 0.0765. The molecule has 0 saturated carbocycles. The maximum Gasteiger partial charge on any atom is 0.337 e. The van der Waals surface area contributed by atoms with Crippen molar-refractivity contribution < 1.29 is 44.7 Å². The molecule has 20 heavy (non-hydrogen) atoms. The fourth-order valence-corrected chi connectivity index (χ4v) is 1.14. The van der Waals surface area contributed by atoms with Gasteiger partial charge in [-0.25, -0.2) is 4.79 Å². The monoisotopic (exact) mass is 296 g/mol. The molecule has 0 rings (SSSR count). The van der Waals surface area contributed by atoms with Gasteiger partial charge in [0.2, 0.25) is 0 Å². The smallest absolute Gasteiger partial charge is 0.337 e. The highest BCUT2D eigenvalue weighted by Crippen LogP contribution is 2.21. The summed E-state index contributed by atoms with van der Waals surface area (Å²) in [5.41, 5.74) is -2.19. The number of ether oxygens (including phenoxy) is 1. The Labute approximate surface area is 115 Å². The fraction of sp³-hybridized carbons (Fsp3) is 0.727. The molecule has 0 aromatic carbocycles. The van der Waals surface area contributed by atoms with Gasteiger partial charge in [0.1, 0.15) is 0 Å². The number of carboxylic acid groups (broad SMARTS) is 3. The molecule has 0 heterocycles. The average molecular weight is 296 g/mol. The second-order valence-corrected chi connectivity index (χ2v) is 3.91.